The van der Waals surface area contributed by atoms with Crippen LogP contribution in [0.15, 0.2) is 42.6 Å². The number of rotatable bonds is 4. The zero-order valence-corrected chi connectivity index (χ0v) is 14.5. The summed E-state index contributed by atoms with van der Waals surface area (Å²) < 4.78 is 13.7. The van der Waals surface area contributed by atoms with Gasteiger partial charge in [0.25, 0.3) is 5.91 Å². The summed E-state index contributed by atoms with van der Waals surface area (Å²) in [7, 11) is 0. The molecule has 1 aliphatic rings. The lowest BCUT2D eigenvalue weighted by Gasteiger charge is -2.34. The topological polar surface area (TPSA) is 90.8 Å². The van der Waals surface area contributed by atoms with Gasteiger partial charge in [0.2, 0.25) is 5.91 Å². The number of carboxylic acid groups (broad SMARTS) is 1. The van der Waals surface area contributed by atoms with Crippen LogP contribution in [-0.4, -0.2) is 63.9 Å². The van der Waals surface area contributed by atoms with Crippen molar-refractivity contribution in [1.29, 1.82) is 0 Å². The number of benzene rings is 1. The highest BCUT2D eigenvalue weighted by atomic mass is 19.1. The van der Waals surface area contributed by atoms with Gasteiger partial charge in [-0.15, -0.1) is 0 Å². The van der Waals surface area contributed by atoms with Crippen molar-refractivity contribution in [3.05, 3.63) is 65.2 Å². The van der Waals surface area contributed by atoms with E-state index < -0.39 is 11.8 Å². The Labute approximate surface area is 155 Å². The molecule has 2 amide bonds. The smallest absolute Gasteiger partial charge is 0.335 e. The minimum absolute atomic E-state index is 0.00736. The van der Waals surface area contributed by atoms with E-state index in [1.807, 2.05) is 0 Å². The minimum Gasteiger partial charge on any atom is -0.478 e. The zero-order chi connectivity index (χ0) is 19.4. The molecule has 0 radical (unpaired) electrons. The van der Waals surface area contributed by atoms with Crippen molar-refractivity contribution < 1.29 is 23.9 Å². The van der Waals surface area contributed by atoms with Crippen LogP contribution in [0.25, 0.3) is 0 Å². The van der Waals surface area contributed by atoms with Gasteiger partial charge in [-0.05, 0) is 23.8 Å². The maximum atomic E-state index is 13.7. The van der Waals surface area contributed by atoms with Crippen LogP contribution in [0.5, 0.6) is 0 Å². The van der Waals surface area contributed by atoms with E-state index in [0.29, 0.717) is 31.7 Å². The fourth-order valence-electron chi connectivity index (χ4n) is 2.92. The van der Waals surface area contributed by atoms with E-state index in [4.69, 9.17) is 5.11 Å². The monoisotopic (exact) mass is 371 g/mol. The number of amides is 2. The van der Waals surface area contributed by atoms with E-state index >= 15 is 0 Å². The van der Waals surface area contributed by atoms with Crippen molar-refractivity contribution in [3.63, 3.8) is 0 Å². The van der Waals surface area contributed by atoms with Crippen LogP contribution < -0.4 is 0 Å². The van der Waals surface area contributed by atoms with Crippen molar-refractivity contribution >= 4 is 17.8 Å². The fourth-order valence-corrected chi connectivity index (χ4v) is 2.92. The molecule has 140 valence electrons. The van der Waals surface area contributed by atoms with Gasteiger partial charge in [0.05, 0.1) is 12.0 Å². The molecule has 2 heterocycles. The molecule has 7 nitrogen and oxygen atoms in total. The molecule has 3 rings (SSSR count). The van der Waals surface area contributed by atoms with E-state index in [2.05, 4.69) is 4.98 Å². The predicted molar refractivity (Wildman–Crippen MR) is 93.8 cm³/mol. The molecular weight excluding hydrogens is 353 g/mol. The average molecular weight is 371 g/mol. The van der Waals surface area contributed by atoms with Gasteiger partial charge in [0.15, 0.2) is 0 Å². The average Bonchev–Trinajstić information content (AvgIpc) is 2.69. The highest BCUT2D eigenvalue weighted by molar-refractivity contribution is 5.96. The first-order chi connectivity index (χ1) is 13.0. The molecular formula is C19H18FN3O4. The number of carbonyl (C=O) groups is 3. The second-order valence-electron chi connectivity index (χ2n) is 6.18. The molecule has 1 aliphatic heterocycles. The van der Waals surface area contributed by atoms with Gasteiger partial charge in [0.1, 0.15) is 11.5 Å². The van der Waals surface area contributed by atoms with E-state index in [0.717, 1.165) is 0 Å². The largest absolute Gasteiger partial charge is 0.478 e. The van der Waals surface area contributed by atoms with Gasteiger partial charge in [0, 0.05) is 32.4 Å². The number of aromatic carboxylic acids is 1. The Morgan fingerprint density at radius 2 is 1.70 bits per heavy atom. The molecule has 2 aromatic rings. The standard InChI is InChI=1S/C19H18FN3O4/c20-15-4-2-1-3-13(15)12-17(24)22-7-9-23(10-8-22)18(25)16-11-14(19(26)27)5-6-21-16/h1-6,11H,7-10,12H2,(H,26,27). The number of piperazine rings is 1. The fraction of sp³-hybridized carbons (Fsp3) is 0.263. The Kier molecular flexibility index (Phi) is 5.44. The summed E-state index contributed by atoms with van der Waals surface area (Å²) in [6, 6.07) is 8.70. The number of aromatic nitrogens is 1. The molecule has 0 spiro atoms. The van der Waals surface area contributed by atoms with Gasteiger partial charge < -0.3 is 14.9 Å². The van der Waals surface area contributed by atoms with Gasteiger partial charge in [-0.25, -0.2) is 9.18 Å². The molecule has 1 saturated heterocycles. The van der Waals surface area contributed by atoms with Crippen LogP contribution in [0.1, 0.15) is 26.4 Å². The highest BCUT2D eigenvalue weighted by Gasteiger charge is 2.26. The Morgan fingerprint density at radius 1 is 1.04 bits per heavy atom. The molecule has 8 heteroatoms. The number of halogens is 1. The Balaban J connectivity index is 1.59. The molecule has 0 atom stereocenters. The Morgan fingerprint density at radius 3 is 2.37 bits per heavy atom. The molecule has 1 N–H and O–H groups in total. The summed E-state index contributed by atoms with van der Waals surface area (Å²) >= 11 is 0. The first kappa shape index (κ1) is 18.5. The third kappa shape index (κ3) is 4.28. The molecule has 0 aliphatic carbocycles. The lowest BCUT2D eigenvalue weighted by atomic mass is 10.1. The third-order valence-corrected chi connectivity index (χ3v) is 4.45. The lowest BCUT2D eigenvalue weighted by Crippen LogP contribution is -2.51. The summed E-state index contributed by atoms with van der Waals surface area (Å²) in [5.74, 6) is -2.11. The van der Waals surface area contributed by atoms with Crippen LogP contribution in [-0.2, 0) is 11.2 Å². The van der Waals surface area contributed by atoms with Crippen LogP contribution in [0.4, 0.5) is 4.39 Å². The van der Waals surface area contributed by atoms with Crippen LogP contribution in [0, 0.1) is 5.82 Å². The maximum absolute atomic E-state index is 13.7. The minimum atomic E-state index is -1.13. The molecule has 1 fully saturated rings. The molecule has 1 aromatic heterocycles. The quantitative estimate of drug-likeness (QED) is 0.878. The maximum Gasteiger partial charge on any atom is 0.335 e. The number of nitrogens with zero attached hydrogens (tertiary/aromatic N) is 3. The number of carbonyl (C=O) groups excluding carboxylic acids is 2. The van der Waals surface area contributed by atoms with E-state index in [1.165, 1.54) is 29.3 Å². The summed E-state index contributed by atoms with van der Waals surface area (Å²) in [6.07, 6.45) is 1.26. The molecule has 0 unspecified atom stereocenters. The summed E-state index contributed by atoms with van der Waals surface area (Å²) in [6.45, 7) is 1.27. The van der Waals surface area contributed by atoms with Gasteiger partial charge in [-0.3, -0.25) is 14.6 Å². The van der Waals surface area contributed by atoms with Crippen LogP contribution >= 0.6 is 0 Å². The van der Waals surface area contributed by atoms with Gasteiger partial charge >= 0.3 is 5.97 Å². The number of hydrogen-bond acceptors (Lipinski definition) is 4. The van der Waals surface area contributed by atoms with Gasteiger partial charge in [-0.1, -0.05) is 18.2 Å². The highest BCUT2D eigenvalue weighted by Crippen LogP contribution is 2.12. The number of pyridine rings is 1. The zero-order valence-electron chi connectivity index (χ0n) is 14.5. The van der Waals surface area contributed by atoms with Crippen molar-refractivity contribution in [2.24, 2.45) is 0 Å². The summed E-state index contributed by atoms with van der Waals surface area (Å²) in [5.41, 5.74) is 0.392. The Bertz CT molecular complexity index is 879. The SMILES string of the molecule is O=C(O)c1ccnc(C(=O)N2CCN(C(=O)Cc3ccccc3F)CC2)c1. The second kappa shape index (κ2) is 7.94. The van der Waals surface area contributed by atoms with E-state index in [9.17, 15) is 18.8 Å². The van der Waals surface area contributed by atoms with Crippen LogP contribution in [0.2, 0.25) is 0 Å². The molecule has 27 heavy (non-hydrogen) atoms. The second-order valence-corrected chi connectivity index (χ2v) is 6.18. The van der Waals surface area contributed by atoms with E-state index in [1.54, 1.807) is 23.1 Å². The predicted octanol–water partition coefficient (Wildman–Crippen LogP) is 1.45. The summed E-state index contributed by atoms with van der Waals surface area (Å²) in [4.78, 5) is 43.0. The molecule has 0 bridgehead atoms. The number of hydrogen-bond donors (Lipinski definition) is 1. The summed E-state index contributed by atoms with van der Waals surface area (Å²) in [5, 5.41) is 9.01. The van der Waals surface area contributed by atoms with Crippen molar-refractivity contribution in [2.75, 3.05) is 26.2 Å². The molecule has 1 aromatic carbocycles. The molecule has 0 saturated carbocycles. The lowest BCUT2D eigenvalue weighted by molar-refractivity contribution is -0.132. The van der Waals surface area contributed by atoms with Crippen molar-refractivity contribution in [1.82, 2.24) is 14.8 Å². The Hall–Kier alpha value is -3.29. The van der Waals surface area contributed by atoms with Crippen molar-refractivity contribution in [2.45, 2.75) is 6.42 Å². The first-order valence-electron chi connectivity index (χ1n) is 8.45. The first-order valence-corrected chi connectivity index (χ1v) is 8.45. The number of carboxylic acids is 1. The van der Waals surface area contributed by atoms with E-state index in [-0.39, 0.29) is 29.5 Å². The third-order valence-electron chi connectivity index (χ3n) is 4.45. The van der Waals surface area contributed by atoms with Crippen LogP contribution in [0.3, 0.4) is 0 Å². The van der Waals surface area contributed by atoms with Crippen molar-refractivity contribution in [3.8, 4) is 0 Å². The normalized spacial score (nSPS) is 14.1. The van der Waals surface area contributed by atoms with Gasteiger partial charge in [-0.2, -0.15) is 0 Å².